The Bertz CT molecular complexity index is 646. The average Bonchev–Trinajstić information content (AvgIpc) is 3.13. The SMILES string of the molecule is O=C(c1ccc2c(c1)CCO2)c1ccc2c(c1)OCO2. The molecule has 2 heterocycles. The molecule has 2 aliphatic rings. The first kappa shape index (κ1) is 11.3. The number of ether oxygens (including phenoxy) is 3. The Labute approximate surface area is 115 Å². The fraction of sp³-hybridized carbons (Fsp3) is 0.188. The molecule has 20 heavy (non-hydrogen) atoms. The van der Waals surface area contributed by atoms with Gasteiger partial charge in [-0.1, -0.05) is 0 Å². The molecule has 2 aromatic rings. The van der Waals surface area contributed by atoms with Crippen molar-refractivity contribution in [2.75, 3.05) is 13.4 Å². The molecule has 0 saturated carbocycles. The van der Waals surface area contributed by atoms with Crippen LogP contribution in [0.3, 0.4) is 0 Å². The Morgan fingerprint density at radius 3 is 2.50 bits per heavy atom. The molecule has 4 heteroatoms. The van der Waals surface area contributed by atoms with Crippen molar-refractivity contribution >= 4 is 5.78 Å². The van der Waals surface area contributed by atoms with Crippen molar-refractivity contribution in [3.63, 3.8) is 0 Å². The second kappa shape index (κ2) is 4.27. The summed E-state index contributed by atoms with van der Waals surface area (Å²) < 4.78 is 16.0. The van der Waals surface area contributed by atoms with Crippen molar-refractivity contribution in [1.29, 1.82) is 0 Å². The van der Waals surface area contributed by atoms with Gasteiger partial charge in [0.1, 0.15) is 5.75 Å². The summed E-state index contributed by atoms with van der Waals surface area (Å²) >= 11 is 0. The summed E-state index contributed by atoms with van der Waals surface area (Å²) in [6.07, 6.45) is 0.859. The highest BCUT2D eigenvalue weighted by Gasteiger charge is 2.19. The minimum absolute atomic E-state index is 0.0157. The fourth-order valence-electron chi connectivity index (χ4n) is 2.53. The maximum absolute atomic E-state index is 12.5. The number of carbonyl (C=O) groups excluding carboxylic acids is 1. The van der Waals surface area contributed by atoms with Crippen LogP contribution in [-0.4, -0.2) is 19.2 Å². The lowest BCUT2D eigenvalue weighted by atomic mass is 10.00. The van der Waals surface area contributed by atoms with Crippen LogP contribution in [0.4, 0.5) is 0 Å². The smallest absolute Gasteiger partial charge is 0.231 e. The van der Waals surface area contributed by atoms with Crippen LogP contribution in [0.2, 0.25) is 0 Å². The Balaban J connectivity index is 1.70. The maximum atomic E-state index is 12.5. The molecule has 100 valence electrons. The lowest BCUT2D eigenvalue weighted by Gasteiger charge is -2.05. The molecule has 0 unspecified atom stereocenters. The lowest BCUT2D eigenvalue weighted by molar-refractivity contribution is 0.103. The van der Waals surface area contributed by atoms with E-state index in [2.05, 4.69) is 0 Å². The van der Waals surface area contributed by atoms with E-state index in [-0.39, 0.29) is 12.6 Å². The molecule has 0 fully saturated rings. The summed E-state index contributed by atoms with van der Waals surface area (Å²) in [6, 6.07) is 10.8. The Kier molecular flexibility index (Phi) is 2.42. The van der Waals surface area contributed by atoms with E-state index in [0.29, 0.717) is 29.2 Å². The monoisotopic (exact) mass is 268 g/mol. The van der Waals surface area contributed by atoms with Gasteiger partial charge in [0.05, 0.1) is 6.61 Å². The Morgan fingerprint density at radius 1 is 0.850 bits per heavy atom. The molecule has 2 aromatic carbocycles. The van der Waals surface area contributed by atoms with Gasteiger partial charge < -0.3 is 14.2 Å². The van der Waals surface area contributed by atoms with E-state index < -0.39 is 0 Å². The van der Waals surface area contributed by atoms with Crippen LogP contribution in [0.5, 0.6) is 17.2 Å². The van der Waals surface area contributed by atoms with E-state index in [4.69, 9.17) is 14.2 Å². The predicted octanol–water partition coefficient (Wildman–Crippen LogP) is 2.58. The van der Waals surface area contributed by atoms with Crippen LogP contribution in [0.1, 0.15) is 21.5 Å². The predicted molar refractivity (Wildman–Crippen MR) is 71.6 cm³/mol. The van der Waals surface area contributed by atoms with Crippen LogP contribution in [-0.2, 0) is 6.42 Å². The summed E-state index contributed by atoms with van der Waals surface area (Å²) in [5, 5.41) is 0. The van der Waals surface area contributed by atoms with Crippen LogP contribution in [0.15, 0.2) is 36.4 Å². The largest absolute Gasteiger partial charge is 0.493 e. The topological polar surface area (TPSA) is 44.8 Å². The number of fused-ring (bicyclic) bond motifs is 2. The molecule has 0 N–H and O–H groups in total. The van der Waals surface area contributed by atoms with Gasteiger partial charge in [-0.25, -0.2) is 0 Å². The minimum atomic E-state index is -0.0157. The third kappa shape index (κ3) is 1.72. The maximum Gasteiger partial charge on any atom is 0.231 e. The fourth-order valence-corrected chi connectivity index (χ4v) is 2.53. The highest BCUT2D eigenvalue weighted by atomic mass is 16.7. The van der Waals surface area contributed by atoms with E-state index in [1.54, 1.807) is 24.3 Å². The highest BCUT2D eigenvalue weighted by molar-refractivity contribution is 6.09. The third-order valence-electron chi connectivity index (χ3n) is 3.59. The van der Waals surface area contributed by atoms with E-state index in [1.165, 1.54) is 0 Å². The van der Waals surface area contributed by atoms with Crippen LogP contribution in [0.25, 0.3) is 0 Å². The summed E-state index contributed by atoms with van der Waals surface area (Å²) in [7, 11) is 0. The molecular formula is C16H12O4. The number of carbonyl (C=O) groups is 1. The summed E-state index contributed by atoms with van der Waals surface area (Å²) in [5.74, 6) is 2.18. The zero-order valence-corrected chi connectivity index (χ0v) is 10.7. The summed E-state index contributed by atoms with van der Waals surface area (Å²) in [5.41, 5.74) is 2.37. The van der Waals surface area contributed by atoms with Gasteiger partial charge in [0.25, 0.3) is 0 Å². The lowest BCUT2D eigenvalue weighted by Crippen LogP contribution is -2.01. The zero-order chi connectivity index (χ0) is 13.5. The summed E-state index contributed by atoms with van der Waals surface area (Å²) in [4.78, 5) is 12.5. The van der Waals surface area contributed by atoms with Crippen molar-refractivity contribution < 1.29 is 19.0 Å². The molecule has 0 atom stereocenters. The van der Waals surface area contributed by atoms with Gasteiger partial charge in [-0.15, -0.1) is 0 Å². The van der Waals surface area contributed by atoms with Crippen molar-refractivity contribution in [2.24, 2.45) is 0 Å². The first-order valence-electron chi connectivity index (χ1n) is 6.51. The van der Waals surface area contributed by atoms with E-state index >= 15 is 0 Å². The van der Waals surface area contributed by atoms with E-state index in [1.807, 2.05) is 12.1 Å². The van der Waals surface area contributed by atoms with E-state index in [0.717, 1.165) is 17.7 Å². The molecule has 0 spiro atoms. The highest BCUT2D eigenvalue weighted by Crippen LogP contribution is 2.33. The van der Waals surface area contributed by atoms with Gasteiger partial charge in [0.15, 0.2) is 17.3 Å². The van der Waals surface area contributed by atoms with Gasteiger partial charge in [0.2, 0.25) is 6.79 Å². The average molecular weight is 268 g/mol. The molecule has 2 aliphatic heterocycles. The third-order valence-corrected chi connectivity index (χ3v) is 3.59. The molecule has 0 radical (unpaired) electrons. The van der Waals surface area contributed by atoms with E-state index in [9.17, 15) is 4.79 Å². The molecule has 4 nitrogen and oxygen atoms in total. The molecule has 0 amide bonds. The number of ketones is 1. The van der Waals surface area contributed by atoms with Crippen molar-refractivity contribution in [2.45, 2.75) is 6.42 Å². The Morgan fingerprint density at radius 2 is 1.60 bits per heavy atom. The normalized spacial score (nSPS) is 14.8. The standard InChI is InChI=1S/C16H12O4/c17-16(11-1-3-13-10(7-11)5-6-18-13)12-2-4-14-15(8-12)20-9-19-14/h1-4,7-8H,5-6,9H2. The molecular weight excluding hydrogens is 256 g/mol. The van der Waals surface area contributed by atoms with Crippen LogP contribution < -0.4 is 14.2 Å². The summed E-state index contributed by atoms with van der Waals surface area (Å²) in [6.45, 7) is 0.903. The molecule has 0 saturated heterocycles. The molecule has 0 aliphatic carbocycles. The van der Waals surface area contributed by atoms with Gasteiger partial charge in [-0.2, -0.15) is 0 Å². The Hall–Kier alpha value is -2.49. The number of benzene rings is 2. The first-order valence-corrected chi connectivity index (χ1v) is 6.51. The van der Waals surface area contributed by atoms with Crippen LogP contribution >= 0.6 is 0 Å². The molecule has 0 bridgehead atoms. The first-order chi connectivity index (χ1) is 9.81. The van der Waals surface area contributed by atoms with Crippen LogP contribution in [0, 0.1) is 0 Å². The number of hydrogen-bond acceptors (Lipinski definition) is 4. The minimum Gasteiger partial charge on any atom is -0.493 e. The van der Waals surface area contributed by atoms with Gasteiger partial charge in [0, 0.05) is 17.5 Å². The zero-order valence-electron chi connectivity index (χ0n) is 10.7. The van der Waals surface area contributed by atoms with Gasteiger partial charge >= 0.3 is 0 Å². The van der Waals surface area contributed by atoms with Gasteiger partial charge in [-0.05, 0) is 42.0 Å². The number of rotatable bonds is 2. The second-order valence-corrected chi connectivity index (χ2v) is 4.82. The van der Waals surface area contributed by atoms with Gasteiger partial charge in [-0.3, -0.25) is 4.79 Å². The van der Waals surface area contributed by atoms with Crippen molar-refractivity contribution in [1.82, 2.24) is 0 Å². The second-order valence-electron chi connectivity index (χ2n) is 4.82. The van der Waals surface area contributed by atoms with Crippen molar-refractivity contribution in [3.8, 4) is 17.2 Å². The quantitative estimate of drug-likeness (QED) is 0.785. The molecule has 0 aromatic heterocycles. The molecule has 4 rings (SSSR count). The van der Waals surface area contributed by atoms with Crippen molar-refractivity contribution in [3.05, 3.63) is 53.1 Å². The number of hydrogen-bond donors (Lipinski definition) is 0.